The fraction of sp³-hybridized carbons (Fsp3) is 0.429. The predicted molar refractivity (Wildman–Crippen MR) is 68.7 cm³/mol. The van der Waals surface area contributed by atoms with Crippen molar-refractivity contribution in [3.63, 3.8) is 0 Å². The summed E-state index contributed by atoms with van der Waals surface area (Å²) in [6.45, 7) is 4.42. The van der Waals surface area contributed by atoms with E-state index in [2.05, 4.69) is 24.5 Å². The molecule has 1 saturated carbocycles. The van der Waals surface area contributed by atoms with Gasteiger partial charge in [-0.05, 0) is 43.4 Å². The lowest BCUT2D eigenvalue weighted by molar-refractivity contribution is 0.0879. The van der Waals surface area contributed by atoms with Crippen molar-refractivity contribution >= 4 is 17.5 Å². The van der Waals surface area contributed by atoms with E-state index in [-0.39, 0.29) is 11.8 Å². The van der Waals surface area contributed by atoms with E-state index in [1.54, 1.807) is 12.1 Å². The molecular formula is C14H16N2O2. The van der Waals surface area contributed by atoms with Crippen LogP contribution in [0.4, 0.5) is 5.69 Å². The number of rotatable bonds is 3. The fourth-order valence-electron chi connectivity index (χ4n) is 2.31. The molecule has 4 nitrogen and oxygen atoms in total. The largest absolute Gasteiger partial charge is 0.382 e. The number of imide groups is 1. The highest BCUT2D eigenvalue weighted by Gasteiger charge is 2.42. The third kappa shape index (κ3) is 1.68. The maximum Gasteiger partial charge on any atom is 0.259 e. The van der Waals surface area contributed by atoms with Crippen molar-refractivity contribution in [3.8, 4) is 0 Å². The van der Waals surface area contributed by atoms with Gasteiger partial charge in [0.1, 0.15) is 0 Å². The zero-order chi connectivity index (χ0) is 12.9. The van der Waals surface area contributed by atoms with Crippen LogP contribution in [0.3, 0.4) is 0 Å². The number of benzene rings is 1. The Morgan fingerprint density at radius 1 is 1.22 bits per heavy atom. The highest BCUT2D eigenvalue weighted by molar-refractivity contribution is 6.21. The number of fused-ring (bicyclic) bond motifs is 1. The van der Waals surface area contributed by atoms with Gasteiger partial charge in [0.25, 0.3) is 11.8 Å². The summed E-state index contributed by atoms with van der Waals surface area (Å²) >= 11 is 0. The van der Waals surface area contributed by atoms with Crippen molar-refractivity contribution in [1.82, 2.24) is 5.32 Å². The van der Waals surface area contributed by atoms with Gasteiger partial charge in [-0.1, -0.05) is 6.92 Å². The molecule has 2 aliphatic rings. The predicted octanol–water partition coefficient (Wildman–Crippen LogP) is 2.17. The van der Waals surface area contributed by atoms with Crippen molar-refractivity contribution in [1.29, 1.82) is 0 Å². The SMILES string of the molecule is CC(Nc1ccc2c(c1)C(=O)NC2=O)C1(C)CC1. The molecule has 1 heterocycles. The average molecular weight is 244 g/mol. The topological polar surface area (TPSA) is 58.2 Å². The molecule has 1 aliphatic heterocycles. The summed E-state index contributed by atoms with van der Waals surface area (Å²) in [5, 5.41) is 5.72. The lowest BCUT2D eigenvalue weighted by atomic mass is 10.00. The third-order valence-corrected chi connectivity index (χ3v) is 4.20. The van der Waals surface area contributed by atoms with Gasteiger partial charge in [0.2, 0.25) is 0 Å². The Morgan fingerprint density at radius 2 is 1.89 bits per heavy atom. The Bertz CT molecular complexity index is 547. The molecule has 1 fully saturated rings. The van der Waals surface area contributed by atoms with Crippen molar-refractivity contribution < 1.29 is 9.59 Å². The van der Waals surface area contributed by atoms with E-state index in [4.69, 9.17) is 0 Å². The van der Waals surface area contributed by atoms with Crippen LogP contribution >= 0.6 is 0 Å². The van der Waals surface area contributed by atoms with Crippen LogP contribution in [0.1, 0.15) is 47.4 Å². The van der Waals surface area contributed by atoms with Crippen LogP contribution in [0.5, 0.6) is 0 Å². The minimum absolute atomic E-state index is 0.302. The Hall–Kier alpha value is -1.84. The van der Waals surface area contributed by atoms with E-state index < -0.39 is 0 Å². The number of carbonyl (C=O) groups is 2. The number of amides is 2. The third-order valence-electron chi connectivity index (χ3n) is 4.20. The van der Waals surface area contributed by atoms with E-state index in [0.29, 0.717) is 22.6 Å². The van der Waals surface area contributed by atoms with Crippen molar-refractivity contribution in [2.24, 2.45) is 5.41 Å². The number of carbonyl (C=O) groups excluding carboxylic acids is 2. The summed E-state index contributed by atoms with van der Waals surface area (Å²) in [6.07, 6.45) is 2.48. The van der Waals surface area contributed by atoms with Crippen LogP contribution in [0.2, 0.25) is 0 Å². The molecule has 0 aromatic heterocycles. The molecule has 3 rings (SSSR count). The van der Waals surface area contributed by atoms with E-state index in [9.17, 15) is 9.59 Å². The number of hydrogen-bond acceptors (Lipinski definition) is 3. The normalized spacial score (nSPS) is 21.2. The monoisotopic (exact) mass is 244 g/mol. The highest BCUT2D eigenvalue weighted by atomic mass is 16.2. The summed E-state index contributed by atoms with van der Waals surface area (Å²) < 4.78 is 0. The standard InChI is InChI=1S/C14H16N2O2/c1-8(14(2)5-6-14)15-9-3-4-10-11(7-9)13(18)16-12(10)17/h3-4,7-8,15H,5-6H2,1-2H3,(H,16,17,18). The van der Waals surface area contributed by atoms with Crippen LogP contribution < -0.4 is 10.6 Å². The number of anilines is 1. The van der Waals surface area contributed by atoms with Gasteiger partial charge in [0, 0.05) is 11.7 Å². The molecule has 1 aliphatic carbocycles. The van der Waals surface area contributed by atoms with Gasteiger partial charge >= 0.3 is 0 Å². The molecule has 1 unspecified atom stereocenters. The van der Waals surface area contributed by atoms with Gasteiger partial charge in [-0.2, -0.15) is 0 Å². The molecule has 1 aromatic carbocycles. The van der Waals surface area contributed by atoms with Gasteiger partial charge in [0.05, 0.1) is 11.1 Å². The minimum Gasteiger partial charge on any atom is -0.382 e. The molecule has 4 heteroatoms. The zero-order valence-corrected chi connectivity index (χ0v) is 10.5. The summed E-state index contributed by atoms with van der Waals surface area (Å²) in [4.78, 5) is 23.0. The first-order valence-corrected chi connectivity index (χ1v) is 6.26. The van der Waals surface area contributed by atoms with Crippen molar-refractivity contribution in [2.45, 2.75) is 32.7 Å². The van der Waals surface area contributed by atoms with Gasteiger partial charge in [-0.3, -0.25) is 14.9 Å². The van der Waals surface area contributed by atoms with E-state index in [1.165, 1.54) is 12.8 Å². The Labute approximate surface area is 106 Å². The van der Waals surface area contributed by atoms with Gasteiger partial charge < -0.3 is 5.32 Å². The van der Waals surface area contributed by atoms with Gasteiger partial charge in [-0.25, -0.2) is 0 Å². The van der Waals surface area contributed by atoms with Gasteiger partial charge in [0.15, 0.2) is 0 Å². The second-order valence-electron chi connectivity index (χ2n) is 5.56. The highest BCUT2D eigenvalue weighted by Crippen LogP contribution is 2.48. The first-order valence-electron chi connectivity index (χ1n) is 6.26. The maximum atomic E-state index is 11.6. The molecule has 0 radical (unpaired) electrons. The molecule has 0 saturated heterocycles. The molecule has 1 aromatic rings. The maximum absolute atomic E-state index is 11.6. The van der Waals surface area contributed by atoms with Crippen molar-refractivity contribution in [3.05, 3.63) is 29.3 Å². The summed E-state index contributed by atoms with van der Waals surface area (Å²) in [7, 11) is 0. The second kappa shape index (κ2) is 3.57. The summed E-state index contributed by atoms with van der Waals surface area (Å²) in [6, 6.07) is 5.70. The van der Waals surface area contributed by atoms with E-state index in [1.807, 2.05) is 6.07 Å². The molecule has 0 bridgehead atoms. The molecule has 1 atom stereocenters. The molecular weight excluding hydrogens is 228 g/mol. The van der Waals surface area contributed by atoms with Crippen LogP contribution in [-0.2, 0) is 0 Å². The number of nitrogens with one attached hydrogen (secondary N) is 2. The minimum atomic E-state index is -0.302. The molecule has 2 N–H and O–H groups in total. The first-order chi connectivity index (χ1) is 8.49. The van der Waals surface area contributed by atoms with Crippen LogP contribution in [-0.4, -0.2) is 17.9 Å². The van der Waals surface area contributed by atoms with Crippen LogP contribution in [0.25, 0.3) is 0 Å². The molecule has 0 spiro atoms. The average Bonchev–Trinajstić information content (AvgIpc) is 3.02. The Kier molecular flexibility index (Phi) is 2.24. The van der Waals surface area contributed by atoms with Gasteiger partial charge in [-0.15, -0.1) is 0 Å². The lowest BCUT2D eigenvalue weighted by Crippen LogP contribution is -2.25. The smallest absolute Gasteiger partial charge is 0.259 e. The quantitative estimate of drug-likeness (QED) is 0.801. The lowest BCUT2D eigenvalue weighted by Gasteiger charge is -2.21. The molecule has 2 amide bonds. The Morgan fingerprint density at radius 3 is 2.56 bits per heavy atom. The van der Waals surface area contributed by atoms with Crippen molar-refractivity contribution in [2.75, 3.05) is 5.32 Å². The first kappa shape index (κ1) is 11.3. The molecule has 94 valence electrons. The van der Waals surface area contributed by atoms with E-state index in [0.717, 1.165) is 5.69 Å². The Balaban J connectivity index is 1.85. The van der Waals surface area contributed by atoms with Crippen LogP contribution in [0, 0.1) is 5.41 Å². The summed E-state index contributed by atoms with van der Waals surface area (Å²) in [5.74, 6) is -0.604. The summed E-state index contributed by atoms with van der Waals surface area (Å²) in [5.41, 5.74) is 2.21. The zero-order valence-electron chi connectivity index (χ0n) is 10.5. The fourth-order valence-corrected chi connectivity index (χ4v) is 2.31. The molecule has 18 heavy (non-hydrogen) atoms. The van der Waals surface area contributed by atoms with E-state index >= 15 is 0 Å². The number of hydrogen-bond donors (Lipinski definition) is 2. The second-order valence-corrected chi connectivity index (χ2v) is 5.56. The van der Waals surface area contributed by atoms with Crippen LogP contribution in [0.15, 0.2) is 18.2 Å².